The van der Waals surface area contributed by atoms with Crippen LogP contribution in [0.1, 0.15) is 67.1 Å². The first-order valence-corrected chi connectivity index (χ1v) is 11.8. The van der Waals surface area contributed by atoms with Crippen LogP contribution in [-0.2, 0) is 11.0 Å². The van der Waals surface area contributed by atoms with Crippen molar-refractivity contribution >= 4 is 7.14 Å². The van der Waals surface area contributed by atoms with Crippen molar-refractivity contribution in [1.29, 1.82) is 0 Å². The lowest BCUT2D eigenvalue weighted by molar-refractivity contribution is 0.470. The van der Waals surface area contributed by atoms with Gasteiger partial charge < -0.3 is 9.67 Å². The fraction of sp³-hybridized carbons (Fsp3) is 0.545. The van der Waals surface area contributed by atoms with E-state index < -0.39 is 7.14 Å². The molecule has 2 unspecified atom stereocenters. The molecule has 2 heterocycles. The zero-order valence-electron chi connectivity index (χ0n) is 17.1. The maximum absolute atomic E-state index is 14.2. The molecule has 0 saturated carbocycles. The molecule has 1 aromatic carbocycles. The Kier molecular flexibility index (Phi) is 5.49. The highest BCUT2D eigenvalue weighted by molar-refractivity contribution is 7.66. The second kappa shape index (κ2) is 7.39. The molecular weight excluding hydrogens is 355 g/mol. The highest BCUT2D eigenvalue weighted by Gasteiger charge is 2.49. The van der Waals surface area contributed by atoms with E-state index in [9.17, 15) is 9.67 Å². The lowest BCUT2D eigenvalue weighted by Gasteiger charge is -2.35. The topological polar surface area (TPSA) is 63.1 Å². The number of rotatable bonds is 5. The second-order valence-corrected chi connectivity index (χ2v) is 12.5. The van der Waals surface area contributed by atoms with Crippen LogP contribution in [0.5, 0.6) is 5.75 Å². The molecular formula is C22H31N2O2P. The number of hydrogen-bond acceptors (Lipinski definition) is 4. The summed E-state index contributed by atoms with van der Waals surface area (Å²) in [6, 6.07) is 7.67. The molecule has 1 N–H and O–H groups in total. The number of hydrogen-bond donors (Lipinski definition) is 1. The van der Waals surface area contributed by atoms with E-state index in [4.69, 9.17) is 0 Å². The summed E-state index contributed by atoms with van der Waals surface area (Å²) in [5.74, 6) is 1.12. The Morgan fingerprint density at radius 1 is 1.15 bits per heavy atom. The van der Waals surface area contributed by atoms with Crippen LogP contribution in [0.2, 0.25) is 0 Å². The molecule has 1 aromatic heterocycles. The molecule has 0 aliphatic carbocycles. The average molecular weight is 386 g/mol. The summed E-state index contributed by atoms with van der Waals surface area (Å²) in [4.78, 5) is 9.15. The van der Waals surface area contributed by atoms with E-state index in [-0.39, 0.29) is 10.8 Å². The predicted molar refractivity (Wildman–Crippen MR) is 111 cm³/mol. The molecule has 0 bridgehead atoms. The first-order valence-electron chi connectivity index (χ1n) is 9.82. The lowest BCUT2D eigenvalue weighted by Crippen LogP contribution is -2.20. The maximum atomic E-state index is 14.2. The van der Waals surface area contributed by atoms with E-state index in [0.29, 0.717) is 12.2 Å². The Bertz CT molecular complexity index is 872. The zero-order chi connectivity index (χ0) is 19.8. The van der Waals surface area contributed by atoms with Crippen molar-refractivity contribution in [3.05, 3.63) is 52.6 Å². The van der Waals surface area contributed by atoms with Gasteiger partial charge in [-0.2, -0.15) is 0 Å². The van der Waals surface area contributed by atoms with Crippen molar-refractivity contribution in [3.63, 3.8) is 0 Å². The van der Waals surface area contributed by atoms with Gasteiger partial charge in [0.1, 0.15) is 18.7 Å². The van der Waals surface area contributed by atoms with Gasteiger partial charge in [-0.05, 0) is 63.3 Å². The third kappa shape index (κ3) is 3.96. The van der Waals surface area contributed by atoms with Gasteiger partial charge in [0, 0.05) is 34.8 Å². The highest BCUT2D eigenvalue weighted by Crippen LogP contribution is 2.74. The minimum atomic E-state index is -2.44. The Balaban J connectivity index is 1.97. The lowest BCUT2D eigenvalue weighted by atomic mass is 10.0. The number of phenols is 1. The van der Waals surface area contributed by atoms with Crippen molar-refractivity contribution in [1.82, 2.24) is 9.97 Å². The van der Waals surface area contributed by atoms with Gasteiger partial charge in [0.05, 0.1) is 0 Å². The first kappa shape index (κ1) is 20.1. The summed E-state index contributed by atoms with van der Waals surface area (Å²) in [5.41, 5.74) is 3.85. The summed E-state index contributed by atoms with van der Waals surface area (Å²) in [6.07, 6.45) is 4.33. The SMILES string of the molecule is Cc1cc(C)nc(CCC(c2ccc(O)c(C)c2)P2(=O)CCCC2(C)C)n1. The fourth-order valence-electron chi connectivity index (χ4n) is 4.49. The third-order valence-corrected chi connectivity index (χ3v) is 10.9. The van der Waals surface area contributed by atoms with Gasteiger partial charge in [0.2, 0.25) is 0 Å². The second-order valence-electron chi connectivity index (χ2n) is 8.60. The minimum absolute atomic E-state index is 0.0151. The van der Waals surface area contributed by atoms with Crippen LogP contribution in [0.15, 0.2) is 24.3 Å². The molecule has 1 aliphatic heterocycles. The summed E-state index contributed by atoms with van der Waals surface area (Å²) < 4.78 is 14.2. The molecule has 0 radical (unpaired) electrons. The van der Waals surface area contributed by atoms with Gasteiger partial charge >= 0.3 is 0 Å². The van der Waals surface area contributed by atoms with Crippen molar-refractivity contribution in [2.75, 3.05) is 6.16 Å². The van der Waals surface area contributed by atoms with Crippen molar-refractivity contribution in [2.45, 2.75) is 71.1 Å². The largest absolute Gasteiger partial charge is 0.508 e. The van der Waals surface area contributed by atoms with Gasteiger partial charge in [-0.25, -0.2) is 9.97 Å². The van der Waals surface area contributed by atoms with Crippen molar-refractivity contribution in [3.8, 4) is 5.75 Å². The fourth-order valence-corrected chi connectivity index (χ4v) is 8.61. The summed E-state index contributed by atoms with van der Waals surface area (Å²) >= 11 is 0. The van der Waals surface area contributed by atoms with Gasteiger partial charge in [-0.15, -0.1) is 0 Å². The van der Waals surface area contributed by atoms with Crippen LogP contribution >= 0.6 is 7.14 Å². The molecule has 0 spiro atoms. The highest BCUT2D eigenvalue weighted by atomic mass is 31.2. The summed E-state index contributed by atoms with van der Waals surface area (Å²) in [7, 11) is -2.44. The average Bonchev–Trinajstić information content (AvgIpc) is 2.84. The molecule has 3 rings (SSSR count). The van der Waals surface area contributed by atoms with Crippen LogP contribution in [0.4, 0.5) is 0 Å². The number of benzene rings is 1. The number of aromatic hydroxyl groups is 1. The molecule has 5 heteroatoms. The number of aromatic nitrogens is 2. The zero-order valence-corrected chi connectivity index (χ0v) is 18.0. The molecule has 1 saturated heterocycles. The smallest absolute Gasteiger partial charge is 0.128 e. The molecule has 2 aromatic rings. The Morgan fingerprint density at radius 3 is 2.37 bits per heavy atom. The predicted octanol–water partition coefficient (Wildman–Crippen LogP) is 5.72. The molecule has 1 fully saturated rings. The van der Waals surface area contributed by atoms with E-state index in [1.165, 1.54) is 0 Å². The van der Waals surface area contributed by atoms with E-state index in [0.717, 1.165) is 53.8 Å². The maximum Gasteiger partial charge on any atom is 0.128 e. The number of phenolic OH excluding ortho intramolecular Hbond substituents is 1. The van der Waals surface area contributed by atoms with Gasteiger partial charge in [-0.1, -0.05) is 26.0 Å². The standard InChI is InChI=1S/C22H31N2O2P/c1-15-13-18(7-8-19(15)25)20(27(26)12-6-11-22(27,4)5)9-10-21-23-16(2)14-17(3)24-21/h7-8,13-14,20,25H,6,9-12H2,1-5H3. The van der Waals surface area contributed by atoms with Crippen LogP contribution < -0.4 is 0 Å². The van der Waals surface area contributed by atoms with Crippen LogP contribution in [0.3, 0.4) is 0 Å². The molecule has 27 heavy (non-hydrogen) atoms. The summed E-state index contributed by atoms with van der Waals surface area (Å²) in [5, 5.41) is 9.79. The van der Waals surface area contributed by atoms with E-state index in [2.05, 4.69) is 23.8 Å². The molecule has 2 atom stereocenters. The molecule has 146 valence electrons. The summed E-state index contributed by atoms with van der Waals surface area (Å²) in [6.45, 7) is 10.2. The van der Waals surface area contributed by atoms with E-state index in [1.54, 1.807) is 6.07 Å². The van der Waals surface area contributed by atoms with Crippen LogP contribution in [0.25, 0.3) is 0 Å². The Labute approximate surface area is 162 Å². The quantitative estimate of drug-likeness (QED) is 0.668. The van der Waals surface area contributed by atoms with Crippen LogP contribution in [-0.4, -0.2) is 26.4 Å². The van der Waals surface area contributed by atoms with Gasteiger partial charge in [-0.3, -0.25) is 0 Å². The normalized spacial score (nSPS) is 22.7. The Hall–Kier alpha value is -1.67. The first-order chi connectivity index (χ1) is 12.6. The minimum Gasteiger partial charge on any atom is -0.508 e. The van der Waals surface area contributed by atoms with Gasteiger partial charge in [0.25, 0.3) is 0 Å². The van der Waals surface area contributed by atoms with E-state index in [1.807, 2.05) is 39.0 Å². The van der Waals surface area contributed by atoms with Crippen molar-refractivity contribution in [2.24, 2.45) is 0 Å². The monoisotopic (exact) mass is 386 g/mol. The van der Waals surface area contributed by atoms with Crippen molar-refractivity contribution < 1.29 is 9.67 Å². The molecule has 4 nitrogen and oxygen atoms in total. The molecule has 0 amide bonds. The number of nitrogens with zero attached hydrogens (tertiary/aromatic N) is 2. The Morgan fingerprint density at radius 2 is 1.81 bits per heavy atom. The third-order valence-electron chi connectivity index (χ3n) is 6.08. The van der Waals surface area contributed by atoms with E-state index >= 15 is 0 Å². The molecule has 1 aliphatic rings. The number of aryl methyl sites for hydroxylation is 4. The van der Waals surface area contributed by atoms with Gasteiger partial charge in [0.15, 0.2) is 0 Å². The van der Waals surface area contributed by atoms with Crippen LogP contribution in [0, 0.1) is 20.8 Å².